The molecule has 1 aromatic heterocycles. The van der Waals surface area contributed by atoms with E-state index < -0.39 is 5.97 Å². The van der Waals surface area contributed by atoms with E-state index in [2.05, 4.69) is 10.3 Å². The first kappa shape index (κ1) is 13.8. The van der Waals surface area contributed by atoms with Crippen LogP contribution in [-0.4, -0.2) is 28.0 Å². The first-order valence-electron chi connectivity index (χ1n) is 7.30. The summed E-state index contributed by atoms with van der Waals surface area (Å²) in [4.78, 5) is 26.7. The van der Waals surface area contributed by atoms with E-state index in [9.17, 15) is 9.59 Å². The second-order valence-electron chi connectivity index (χ2n) is 5.90. The highest BCUT2D eigenvalue weighted by atomic mass is 16.4. The van der Waals surface area contributed by atoms with Gasteiger partial charge in [-0.05, 0) is 48.8 Å². The number of rotatable bonds is 4. The van der Waals surface area contributed by atoms with Crippen LogP contribution >= 0.6 is 0 Å². The molecule has 1 amide bonds. The van der Waals surface area contributed by atoms with Gasteiger partial charge in [0.1, 0.15) is 5.69 Å². The van der Waals surface area contributed by atoms with Crippen molar-refractivity contribution in [3.63, 3.8) is 0 Å². The van der Waals surface area contributed by atoms with Crippen LogP contribution in [0.3, 0.4) is 0 Å². The summed E-state index contributed by atoms with van der Waals surface area (Å²) in [5, 5.41) is 11.6. The number of pyridine rings is 1. The van der Waals surface area contributed by atoms with Crippen molar-refractivity contribution < 1.29 is 14.7 Å². The number of hydrogen-bond acceptors (Lipinski definition) is 3. The summed E-state index contributed by atoms with van der Waals surface area (Å²) < 4.78 is 0. The smallest absolute Gasteiger partial charge is 0.328 e. The van der Waals surface area contributed by atoms with Crippen LogP contribution in [0.15, 0.2) is 24.4 Å². The molecule has 2 fully saturated rings. The summed E-state index contributed by atoms with van der Waals surface area (Å²) in [6.45, 7) is 0. The highest BCUT2D eigenvalue weighted by Gasteiger charge is 2.40. The van der Waals surface area contributed by atoms with Crippen molar-refractivity contribution in [2.24, 2.45) is 11.8 Å². The fourth-order valence-corrected chi connectivity index (χ4v) is 3.47. The number of nitrogens with one attached hydrogen (secondary N) is 1. The van der Waals surface area contributed by atoms with Crippen molar-refractivity contribution in [2.75, 3.05) is 0 Å². The fourth-order valence-electron chi connectivity index (χ4n) is 3.47. The second-order valence-corrected chi connectivity index (χ2v) is 5.90. The number of carboxylic acid groups (broad SMARTS) is 1. The number of hydrogen-bond donors (Lipinski definition) is 2. The molecule has 110 valence electrons. The van der Waals surface area contributed by atoms with Crippen molar-refractivity contribution >= 4 is 18.0 Å². The number of amides is 1. The van der Waals surface area contributed by atoms with E-state index in [1.807, 2.05) is 0 Å². The summed E-state index contributed by atoms with van der Waals surface area (Å²) in [5.41, 5.74) is 1.04. The van der Waals surface area contributed by atoms with Gasteiger partial charge in [0.05, 0.1) is 0 Å². The minimum Gasteiger partial charge on any atom is -0.478 e. The molecule has 3 unspecified atom stereocenters. The van der Waals surface area contributed by atoms with Gasteiger partial charge < -0.3 is 10.4 Å². The third-order valence-electron chi connectivity index (χ3n) is 4.49. The lowest BCUT2D eigenvalue weighted by molar-refractivity contribution is -0.131. The molecule has 2 bridgehead atoms. The third kappa shape index (κ3) is 3.12. The molecule has 3 atom stereocenters. The molecule has 0 aromatic carbocycles. The summed E-state index contributed by atoms with van der Waals surface area (Å²) in [5.74, 6) is 0.280. The summed E-state index contributed by atoms with van der Waals surface area (Å²) >= 11 is 0. The molecule has 0 saturated heterocycles. The lowest BCUT2D eigenvalue weighted by Crippen LogP contribution is -2.38. The summed E-state index contributed by atoms with van der Waals surface area (Å²) in [6, 6.07) is 3.62. The molecule has 2 N–H and O–H groups in total. The molecule has 21 heavy (non-hydrogen) atoms. The Morgan fingerprint density at radius 2 is 2.14 bits per heavy atom. The number of carbonyl (C=O) groups excluding carboxylic acids is 1. The van der Waals surface area contributed by atoms with Gasteiger partial charge in [0, 0.05) is 18.3 Å². The average molecular weight is 286 g/mol. The zero-order valence-corrected chi connectivity index (χ0v) is 11.7. The minimum absolute atomic E-state index is 0.138. The molecule has 0 radical (unpaired) electrons. The van der Waals surface area contributed by atoms with E-state index in [-0.39, 0.29) is 5.91 Å². The molecule has 2 saturated carbocycles. The average Bonchev–Trinajstić information content (AvgIpc) is 3.08. The normalized spacial score (nSPS) is 27.1. The maximum atomic E-state index is 12.2. The Kier molecular flexibility index (Phi) is 3.73. The van der Waals surface area contributed by atoms with Crippen LogP contribution in [0.2, 0.25) is 0 Å². The van der Waals surface area contributed by atoms with Crippen LogP contribution in [0.5, 0.6) is 0 Å². The number of nitrogens with zero attached hydrogens (tertiary/aromatic N) is 1. The molecule has 5 nitrogen and oxygen atoms in total. The van der Waals surface area contributed by atoms with Gasteiger partial charge in [-0.3, -0.25) is 9.78 Å². The molecular weight excluding hydrogens is 268 g/mol. The van der Waals surface area contributed by atoms with Crippen LogP contribution in [0.1, 0.15) is 41.7 Å². The van der Waals surface area contributed by atoms with Crippen LogP contribution in [0.4, 0.5) is 0 Å². The predicted octanol–water partition coefficient (Wildman–Crippen LogP) is 2.10. The summed E-state index contributed by atoms with van der Waals surface area (Å²) in [6.07, 6.45) is 8.88. The van der Waals surface area contributed by atoms with E-state index in [0.717, 1.165) is 18.4 Å². The van der Waals surface area contributed by atoms with Gasteiger partial charge in [-0.1, -0.05) is 12.5 Å². The van der Waals surface area contributed by atoms with Crippen molar-refractivity contribution in [2.45, 2.75) is 31.7 Å². The number of carbonyl (C=O) groups is 2. The Labute approximate surface area is 123 Å². The first-order chi connectivity index (χ1) is 10.1. The van der Waals surface area contributed by atoms with Crippen LogP contribution in [0.25, 0.3) is 6.08 Å². The van der Waals surface area contributed by atoms with Crippen molar-refractivity contribution in [3.05, 3.63) is 35.7 Å². The highest BCUT2D eigenvalue weighted by Crippen LogP contribution is 2.44. The monoisotopic (exact) mass is 286 g/mol. The topological polar surface area (TPSA) is 79.3 Å². The second kappa shape index (κ2) is 5.68. The number of aromatic nitrogens is 1. The van der Waals surface area contributed by atoms with Gasteiger partial charge in [-0.15, -0.1) is 0 Å². The Bertz CT molecular complexity index is 580. The maximum absolute atomic E-state index is 12.2. The lowest BCUT2D eigenvalue weighted by Gasteiger charge is -2.22. The Hall–Kier alpha value is -2.17. The van der Waals surface area contributed by atoms with Gasteiger partial charge >= 0.3 is 5.97 Å². The van der Waals surface area contributed by atoms with Crippen LogP contribution in [-0.2, 0) is 4.79 Å². The first-order valence-corrected chi connectivity index (χ1v) is 7.30. The molecule has 1 aromatic rings. The zero-order chi connectivity index (χ0) is 14.8. The molecule has 2 aliphatic rings. The molecule has 2 aliphatic carbocycles. The lowest BCUT2D eigenvalue weighted by atomic mass is 9.95. The molecule has 0 aliphatic heterocycles. The van der Waals surface area contributed by atoms with E-state index in [0.29, 0.717) is 23.2 Å². The maximum Gasteiger partial charge on any atom is 0.328 e. The summed E-state index contributed by atoms with van der Waals surface area (Å²) in [7, 11) is 0. The Morgan fingerprint density at radius 1 is 1.29 bits per heavy atom. The fraction of sp³-hybridized carbons (Fsp3) is 0.438. The highest BCUT2D eigenvalue weighted by molar-refractivity contribution is 5.92. The molecule has 5 heteroatoms. The van der Waals surface area contributed by atoms with Gasteiger partial charge in [0.25, 0.3) is 5.91 Å². The Morgan fingerprint density at radius 3 is 2.71 bits per heavy atom. The van der Waals surface area contributed by atoms with Crippen LogP contribution < -0.4 is 5.32 Å². The van der Waals surface area contributed by atoms with Gasteiger partial charge in [0.2, 0.25) is 0 Å². The van der Waals surface area contributed by atoms with Gasteiger partial charge in [0.15, 0.2) is 0 Å². The zero-order valence-electron chi connectivity index (χ0n) is 11.7. The minimum atomic E-state index is -1.01. The Balaban J connectivity index is 1.61. The van der Waals surface area contributed by atoms with Gasteiger partial charge in [-0.25, -0.2) is 4.79 Å². The largest absolute Gasteiger partial charge is 0.478 e. The van der Waals surface area contributed by atoms with Crippen molar-refractivity contribution in [1.82, 2.24) is 10.3 Å². The van der Waals surface area contributed by atoms with Crippen molar-refractivity contribution in [3.8, 4) is 0 Å². The van der Waals surface area contributed by atoms with E-state index in [4.69, 9.17) is 5.11 Å². The number of carboxylic acids is 1. The molecule has 3 rings (SSSR count). The predicted molar refractivity (Wildman–Crippen MR) is 77.6 cm³/mol. The van der Waals surface area contributed by atoms with Crippen LogP contribution in [0, 0.1) is 11.8 Å². The molecular formula is C16H18N2O3. The van der Waals surface area contributed by atoms with Gasteiger partial charge in [-0.2, -0.15) is 0 Å². The quantitative estimate of drug-likeness (QED) is 0.831. The van der Waals surface area contributed by atoms with Crippen molar-refractivity contribution in [1.29, 1.82) is 0 Å². The SMILES string of the molecule is O=C(O)C=Cc1ccc(C(=O)NC2CC3CCC2C3)nc1. The molecule has 1 heterocycles. The number of aliphatic carboxylic acids is 1. The third-order valence-corrected chi connectivity index (χ3v) is 4.49. The number of fused-ring (bicyclic) bond motifs is 2. The van der Waals surface area contributed by atoms with E-state index >= 15 is 0 Å². The van der Waals surface area contributed by atoms with E-state index in [1.165, 1.54) is 31.5 Å². The molecule has 0 spiro atoms. The standard InChI is InChI=1S/C16H18N2O3/c19-15(20)6-3-10-2-5-13(17-9-10)16(21)18-14-8-11-1-4-12(14)7-11/h2-3,5-6,9,11-12,14H,1,4,7-8H2,(H,18,21)(H,19,20). The van der Waals surface area contributed by atoms with E-state index in [1.54, 1.807) is 12.1 Å².